The fourth-order valence-corrected chi connectivity index (χ4v) is 1.80. The number of rotatable bonds is 3. The molecular formula is C14H14O3. The highest BCUT2D eigenvalue weighted by Gasteiger charge is 2.14. The third kappa shape index (κ3) is 2.09. The molecule has 0 amide bonds. The zero-order chi connectivity index (χ0) is 12.4. The first kappa shape index (κ1) is 11.5. The zero-order valence-corrected chi connectivity index (χ0v) is 10.1. The molecule has 0 bridgehead atoms. The Bertz CT molecular complexity index is 552. The van der Waals surface area contributed by atoms with Crippen molar-refractivity contribution in [2.45, 2.75) is 13.8 Å². The summed E-state index contributed by atoms with van der Waals surface area (Å²) in [6.45, 7) is 3.70. The fourth-order valence-electron chi connectivity index (χ4n) is 1.80. The lowest BCUT2D eigenvalue weighted by Gasteiger charge is -2.06. The maximum absolute atomic E-state index is 12.2. The number of carbonyl (C=O) groups excluding carboxylic acids is 1. The van der Waals surface area contributed by atoms with E-state index in [2.05, 4.69) is 0 Å². The Morgan fingerprint density at radius 1 is 1.24 bits per heavy atom. The van der Waals surface area contributed by atoms with Crippen LogP contribution in [0.25, 0.3) is 0 Å². The van der Waals surface area contributed by atoms with E-state index in [1.165, 1.54) is 6.26 Å². The smallest absolute Gasteiger partial charge is 0.196 e. The van der Waals surface area contributed by atoms with Crippen LogP contribution in [0.3, 0.4) is 0 Å². The van der Waals surface area contributed by atoms with E-state index < -0.39 is 0 Å². The Labute approximate surface area is 100 Å². The van der Waals surface area contributed by atoms with E-state index >= 15 is 0 Å². The van der Waals surface area contributed by atoms with Crippen LogP contribution in [0.2, 0.25) is 0 Å². The molecule has 0 fully saturated rings. The standard InChI is InChI=1S/C14H14O3/c1-9-8-11(4-5-13(9)16-3)14(15)12-6-7-17-10(12)2/h4-8H,1-3H3. The first-order chi connectivity index (χ1) is 8.13. The maximum Gasteiger partial charge on any atom is 0.196 e. The predicted octanol–water partition coefficient (Wildman–Crippen LogP) is 3.14. The van der Waals surface area contributed by atoms with Crippen LogP contribution in [-0.2, 0) is 0 Å². The molecule has 0 spiro atoms. The van der Waals surface area contributed by atoms with Crippen LogP contribution < -0.4 is 4.74 Å². The summed E-state index contributed by atoms with van der Waals surface area (Å²) < 4.78 is 10.3. The molecule has 2 aromatic rings. The molecule has 17 heavy (non-hydrogen) atoms. The molecule has 3 nitrogen and oxygen atoms in total. The summed E-state index contributed by atoms with van der Waals surface area (Å²) in [4.78, 5) is 12.2. The van der Waals surface area contributed by atoms with Gasteiger partial charge in [0, 0.05) is 5.56 Å². The topological polar surface area (TPSA) is 39.4 Å². The number of hydrogen-bond acceptors (Lipinski definition) is 3. The van der Waals surface area contributed by atoms with Crippen molar-refractivity contribution in [3.63, 3.8) is 0 Å². The van der Waals surface area contributed by atoms with E-state index in [1.807, 2.05) is 13.0 Å². The average Bonchev–Trinajstić information content (AvgIpc) is 2.74. The Morgan fingerprint density at radius 2 is 2.00 bits per heavy atom. The van der Waals surface area contributed by atoms with Crippen molar-refractivity contribution in [1.82, 2.24) is 0 Å². The molecular weight excluding hydrogens is 216 g/mol. The maximum atomic E-state index is 12.2. The second kappa shape index (κ2) is 4.45. The summed E-state index contributed by atoms with van der Waals surface area (Å²) >= 11 is 0. The van der Waals surface area contributed by atoms with Gasteiger partial charge in [-0.25, -0.2) is 0 Å². The minimum absolute atomic E-state index is 0.0259. The van der Waals surface area contributed by atoms with Gasteiger partial charge in [-0.1, -0.05) is 0 Å². The number of ether oxygens (including phenoxy) is 1. The molecule has 88 valence electrons. The van der Waals surface area contributed by atoms with Crippen LogP contribution >= 0.6 is 0 Å². The second-order valence-electron chi connectivity index (χ2n) is 3.90. The van der Waals surface area contributed by atoms with Gasteiger partial charge in [0.2, 0.25) is 0 Å². The summed E-state index contributed by atoms with van der Waals surface area (Å²) in [5, 5.41) is 0. The first-order valence-corrected chi connectivity index (χ1v) is 5.37. The van der Waals surface area contributed by atoms with Crippen molar-refractivity contribution in [3.8, 4) is 5.75 Å². The van der Waals surface area contributed by atoms with Gasteiger partial charge in [-0.15, -0.1) is 0 Å². The van der Waals surface area contributed by atoms with Crippen molar-refractivity contribution >= 4 is 5.78 Å². The van der Waals surface area contributed by atoms with E-state index in [0.29, 0.717) is 16.9 Å². The lowest BCUT2D eigenvalue weighted by molar-refractivity contribution is 0.103. The van der Waals surface area contributed by atoms with E-state index in [0.717, 1.165) is 11.3 Å². The molecule has 0 radical (unpaired) electrons. The Morgan fingerprint density at radius 3 is 2.53 bits per heavy atom. The Balaban J connectivity index is 2.39. The third-order valence-corrected chi connectivity index (χ3v) is 2.76. The van der Waals surface area contributed by atoms with Gasteiger partial charge in [0.1, 0.15) is 11.5 Å². The number of ketones is 1. The summed E-state index contributed by atoms with van der Waals surface area (Å²) in [5.41, 5.74) is 2.20. The first-order valence-electron chi connectivity index (χ1n) is 5.37. The fraction of sp³-hybridized carbons (Fsp3) is 0.214. The van der Waals surface area contributed by atoms with E-state index in [1.54, 1.807) is 32.2 Å². The molecule has 0 saturated heterocycles. The largest absolute Gasteiger partial charge is 0.496 e. The Kier molecular flexibility index (Phi) is 3.00. The molecule has 0 unspecified atom stereocenters. The summed E-state index contributed by atoms with van der Waals surface area (Å²) in [7, 11) is 1.62. The number of furan rings is 1. The monoisotopic (exact) mass is 230 g/mol. The summed E-state index contributed by atoms with van der Waals surface area (Å²) in [6, 6.07) is 7.09. The molecule has 1 aromatic carbocycles. The number of carbonyl (C=O) groups is 1. The molecule has 0 atom stereocenters. The minimum atomic E-state index is -0.0259. The highest BCUT2D eigenvalue weighted by Crippen LogP contribution is 2.21. The molecule has 0 aliphatic rings. The quantitative estimate of drug-likeness (QED) is 0.760. The van der Waals surface area contributed by atoms with Gasteiger partial charge in [-0.3, -0.25) is 4.79 Å². The van der Waals surface area contributed by atoms with Crippen molar-refractivity contribution in [1.29, 1.82) is 0 Å². The van der Waals surface area contributed by atoms with Crippen LogP contribution in [0.4, 0.5) is 0 Å². The molecule has 0 aliphatic carbocycles. The molecule has 0 aliphatic heterocycles. The number of methoxy groups -OCH3 is 1. The zero-order valence-electron chi connectivity index (χ0n) is 10.1. The van der Waals surface area contributed by atoms with Gasteiger partial charge in [0.15, 0.2) is 5.78 Å². The molecule has 0 N–H and O–H groups in total. The second-order valence-corrected chi connectivity index (χ2v) is 3.90. The van der Waals surface area contributed by atoms with E-state index in [-0.39, 0.29) is 5.78 Å². The highest BCUT2D eigenvalue weighted by atomic mass is 16.5. The molecule has 2 rings (SSSR count). The number of hydrogen-bond donors (Lipinski definition) is 0. The number of aryl methyl sites for hydroxylation is 2. The summed E-state index contributed by atoms with van der Waals surface area (Å²) in [6.07, 6.45) is 1.53. The van der Waals surface area contributed by atoms with E-state index in [4.69, 9.17) is 9.15 Å². The van der Waals surface area contributed by atoms with Gasteiger partial charge < -0.3 is 9.15 Å². The van der Waals surface area contributed by atoms with Crippen LogP contribution in [0.5, 0.6) is 5.75 Å². The normalized spacial score (nSPS) is 10.3. The molecule has 1 heterocycles. The predicted molar refractivity (Wildman–Crippen MR) is 64.6 cm³/mol. The van der Waals surface area contributed by atoms with Crippen molar-refractivity contribution < 1.29 is 13.9 Å². The van der Waals surface area contributed by atoms with Crippen molar-refractivity contribution in [3.05, 3.63) is 53.0 Å². The number of benzene rings is 1. The third-order valence-electron chi connectivity index (χ3n) is 2.76. The highest BCUT2D eigenvalue weighted by molar-refractivity contribution is 6.09. The van der Waals surface area contributed by atoms with Crippen molar-refractivity contribution in [2.24, 2.45) is 0 Å². The SMILES string of the molecule is COc1ccc(C(=O)c2ccoc2C)cc1C. The van der Waals surface area contributed by atoms with Crippen LogP contribution in [0.1, 0.15) is 27.2 Å². The van der Waals surface area contributed by atoms with Gasteiger partial charge in [-0.2, -0.15) is 0 Å². The van der Waals surface area contributed by atoms with E-state index in [9.17, 15) is 4.79 Å². The molecule has 3 heteroatoms. The minimum Gasteiger partial charge on any atom is -0.496 e. The summed E-state index contributed by atoms with van der Waals surface area (Å²) in [5.74, 6) is 1.40. The van der Waals surface area contributed by atoms with Gasteiger partial charge in [-0.05, 0) is 43.7 Å². The van der Waals surface area contributed by atoms with Gasteiger partial charge in [0.05, 0.1) is 18.9 Å². The van der Waals surface area contributed by atoms with Gasteiger partial charge in [0.25, 0.3) is 0 Å². The lowest BCUT2D eigenvalue weighted by atomic mass is 10.0. The molecule has 1 aromatic heterocycles. The van der Waals surface area contributed by atoms with Crippen LogP contribution in [0, 0.1) is 13.8 Å². The average molecular weight is 230 g/mol. The lowest BCUT2D eigenvalue weighted by Crippen LogP contribution is -2.02. The van der Waals surface area contributed by atoms with Crippen LogP contribution in [0.15, 0.2) is 34.9 Å². The Hall–Kier alpha value is -2.03. The van der Waals surface area contributed by atoms with Crippen LogP contribution in [-0.4, -0.2) is 12.9 Å². The van der Waals surface area contributed by atoms with Crippen molar-refractivity contribution in [2.75, 3.05) is 7.11 Å². The molecule has 0 saturated carbocycles. The van der Waals surface area contributed by atoms with Gasteiger partial charge >= 0.3 is 0 Å².